The highest BCUT2D eigenvalue weighted by Gasteiger charge is 2.40. The van der Waals surface area contributed by atoms with Crippen molar-refractivity contribution in [1.29, 1.82) is 0 Å². The van der Waals surface area contributed by atoms with E-state index in [4.69, 9.17) is 9.47 Å². The van der Waals surface area contributed by atoms with Crippen LogP contribution in [0, 0.1) is 11.6 Å². The lowest BCUT2D eigenvalue weighted by atomic mass is 9.93. The maximum absolute atomic E-state index is 14.4. The average Bonchev–Trinajstić information content (AvgIpc) is 3.00. The number of alkyl carbamates (subject to hydrolysis) is 1. The van der Waals surface area contributed by atoms with Crippen LogP contribution in [0.4, 0.5) is 13.6 Å². The minimum Gasteiger partial charge on any atom is -0.497 e. The summed E-state index contributed by atoms with van der Waals surface area (Å²) < 4.78 is 38.6. The topological polar surface area (TPSA) is 76.7 Å². The third-order valence-corrected chi connectivity index (χ3v) is 4.33. The molecule has 0 spiro atoms. The molecule has 2 aromatic rings. The summed E-state index contributed by atoms with van der Waals surface area (Å²) in [5, 5.41) is 4.90. The van der Waals surface area contributed by atoms with Crippen LogP contribution in [0.3, 0.4) is 0 Å². The first-order valence-corrected chi connectivity index (χ1v) is 8.27. The Balaban J connectivity index is 1.72. The Morgan fingerprint density at radius 3 is 2.52 bits per heavy atom. The van der Waals surface area contributed by atoms with Crippen LogP contribution in [0.1, 0.15) is 17.0 Å². The van der Waals surface area contributed by atoms with Gasteiger partial charge in [-0.3, -0.25) is 4.79 Å². The van der Waals surface area contributed by atoms with Crippen molar-refractivity contribution >= 4 is 12.0 Å². The van der Waals surface area contributed by atoms with Crippen molar-refractivity contribution in [2.24, 2.45) is 0 Å². The zero-order valence-electron chi connectivity index (χ0n) is 14.5. The van der Waals surface area contributed by atoms with Crippen molar-refractivity contribution in [2.45, 2.75) is 18.6 Å². The molecular formula is C19H18F2N2O4. The molecule has 2 N–H and O–H groups in total. The Labute approximate surface area is 154 Å². The van der Waals surface area contributed by atoms with Crippen molar-refractivity contribution in [3.8, 4) is 5.75 Å². The molecule has 1 heterocycles. The number of carbonyl (C=O) groups is 2. The van der Waals surface area contributed by atoms with E-state index in [0.717, 1.165) is 17.7 Å². The van der Waals surface area contributed by atoms with E-state index in [1.54, 1.807) is 24.3 Å². The largest absolute Gasteiger partial charge is 0.497 e. The van der Waals surface area contributed by atoms with Gasteiger partial charge < -0.3 is 20.1 Å². The number of carbonyl (C=O) groups excluding carboxylic acids is 2. The zero-order chi connectivity index (χ0) is 19.4. The molecule has 2 amide bonds. The minimum absolute atomic E-state index is 0.0109. The first-order chi connectivity index (χ1) is 13.0. The normalized spacial score (nSPS) is 18.7. The molecule has 142 valence electrons. The van der Waals surface area contributed by atoms with Crippen LogP contribution in [-0.4, -0.2) is 31.7 Å². The molecule has 0 aliphatic carbocycles. The molecule has 0 saturated carbocycles. The van der Waals surface area contributed by atoms with Crippen molar-refractivity contribution in [3.05, 3.63) is 65.2 Å². The third kappa shape index (κ3) is 4.16. The second kappa shape index (κ2) is 8.03. The second-order valence-electron chi connectivity index (χ2n) is 6.04. The predicted molar refractivity (Wildman–Crippen MR) is 92.2 cm³/mol. The molecule has 6 nitrogen and oxygen atoms in total. The van der Waals surface area contributed by atoms with Gasteiger partial charge in [0.05, 0.1) is 7.11 Å². The van der Waals surface area contributed by atoms with Gasteiger partial charge in [0, 0.05) is 30.2 Å². The molecule has 1 fully saturated rings. The number of hydrogen-bond acceptors (Lipinski definition) is 4. The minimum atomic E-state index is -1.15. The van der Waals surface area contributed by atoms with Gasteiger partial charge in [-0.1, -0.05) is 30.3 Å². The first kappa shape index (κ1) is 18.6. The van der Waals surface area contributed by atoms with E-state index < -0.39 is 35.6 Å². The SMILES string of the molecule is COc1cc(F)c(C2CNC(=O)C2NC(=O)OCc2ccccc2)c(F)c1. The lowest BCUT2D eigenvalue weighted by Gasteiger charge is -2.20. The fraction of sp³-hybridized carbons (Fsp3) is 0.263. The van der Waals surface area contributed by atoms with Crippen LogP contribution in [0.25, 0.3) is 0 Å². The van der Waals surface area contributed by atoms with E-state index in [2.05, 4.69) is 10.6 Å². The monoisotopic (exact) mass is 376 g/mol. The zero-order valence-corrected chi connectivity index (χ0v) is 14.5. The molecule has 8 heteroatoms. The van der Waals surface area contributed by atoms with Gasteiger partial charge in [0.1, 0.15) is 30.0 Å². The molecule has 0 radical (unpaired) electrons. The molecule has 0 bridgehead atoms. The van der Waals surface area contributed by atoms with Gasteiger partial charge in [0.15, 0.2) is 0 Å². The van der Waals surface area contributed by atoms with E-state index in [1.165, 1.54) is 7.11 Å². The highest BCUT2D eigenvalue weighted by Crippen LogP contribution is 2.31. The van der Waals surface area contributed by atoms with E-state index >= 15 is 0 Å². The summed E-state index contributed by atoms with van der Waals surface area (Å²) in [7, 11) is 1.29. The van der Waals surface area contributed by atoms with E-state index in [9.17, 15) is 18.4 Å². The van der Waals surface area contributed by atoms with Crippen LogP contribution in [0.15, 0.2) is 42.5 Å². The predicted octanol–water partition coefficient (Wildman–Crippen LogP) is 2.48. The molecule has 2 unspecified atom stereocenters. The van der Waals surface area contributed by atoms with Crippen molar-refractivity contribution in [1.82, 2.24) is 10.6 Å². The number of nitrogens with one attached hydrogen (secondary N) is 2. The first-order valence-electron chi connectivity index (χ1n) is 8.27. The van der Waals surface area contributed by atoms with Crippen molar-refractivity contribution < 1.29 is 27.8 Å². The molecular weight excluding hydrogens is 358 g/mol. The summed E-state index contributed by atoms with van der Waals surface area (Å²) >= 11 is 0. The Bertz CT molecular complexity index is 822. The van der Waals surface area contributed by atoms with Gasteiger partial charge in [-0.2, -0.15) is 0 Å². The number of hydrogen-bond donors (Lipinski definition) is 2. The van der Waals surface area contributed by atoms with Gasteiger partial charge in [0.2, 0.25) is 5.91 Å². The fourth-order valence-corrected chi connectivity index (χ4v) is 2.98. The van der Waals surface area contributed by atoms with Crippen LogP contribution >= 0.6 is 0 Å². The van der Waals surface area contributed by atoms with E-state index in [0.29, 0.717) is 0 Å². The number of methoxy groups -OCH3 is 1. The van der Waals surface area contributed by atoms with Gasteiger partial charge in [-0.15, -0.1) is 0 Å². The molecule has 1 saturated heterocycles. The van der Waals surface area contributed by atoms with Gasteiger partial charge in [-0.25, -0.2) is 13.6 Å². The number of ether oxygens (including phenoxy) is 2. The second-order valence-corrected chi connectivity index (χ2v) is 6.04. The Kier molecular flexibility index (Phi) is 5.54. The molecule has 2 aromatic carbocycles. The number of amides is 2. The van der Waals surface area contributed by atoms with Crippen LogP contribution in [0.2, 0.25) is 0 Å². The summed E-state index contributed by atoms with van der Waals surface area (Å²) in [5.41, 5.74) is 0.481. The summed E-state index contributed by atoms with van der Waals surface area (Å²) in [6.45, 7) is -0.000425. The lowest BCUT2D eigenvalue weighted by molar-refractivity contribution is -0.120. The number of rotatable bonds is 5. The Morgan fingerprint density at radius 2 is 1.89 bits per heavy atom. The number of benzene rings is 2. The van der Waals surface area contributed by atoms with E-state index in [-0.39, 0.29) is 24.5 Å². The quantitative estimate of drug-likeness (QED) is 0.841. The highest BCUT2D eigenvalue weighted by molar-refractivity contribution is 5.89. The Hall–Kier alpha value is -3.16. The maximum Gasteiger partial charge on any atom is 0.408 e. The van der Waals surface area contributed by atoms with Crippen LogP contribution < -0.4 is 15.4 Å². The third-order valence-electron chi connectivity index (χ3n) is 4.33. The summed E-state index contributed by atoms with van der Waals surface area (Å²) in [6.07, 6.45) is -0.847. The fourth-order valence-electron chi connectivity index (χ4n) is 2.98. The summed E-state index contributed by atoms with van der Waals surface area (Å²) in [5.74, 6) is -3.12. The average molecular weight is 376 g/mol. The van der Waals surface area contributed by atoms with Crippen molar-refractivity contribution in [2.75, 3.05) is 13.7 Å². The number of halogens is 2. The van der Waals surface area contributed by atoms with Gasteiger partial charge >= 0.3 is 6.09 Å². The van der Waals surface area contributed by atoms with E-state index in [1.807, 2.05) is 6.07 Å². The van der Waals surface area contributed by atoms with Gasteiger partial charge in [0.25, 0.3) is 0 Å². The highest BCUT2D eigenvalue weighted by atomic mass is 19.1. The lowest BCUT2D eigenvalue weighted by Crippen LogP contribution is -2.43. The molecule has 3 rings (SSSR count). The van der Waals surface area contributed by atoms with Gasteiger partial charge in [-0.05, 0) is 5.56 Å². The molecule has 27 heavy (non-hydrogen) atoms. The summed E-state index contributed by atoms with van der Waals surface area (Å²) in [4.78, 5) is 24.1. The smallest absolute Gasteiger partial charge is 0.408 e. The van der Waals surface area contributed by atoms with Crippen LogP contribution in [0.5, 0.6) is 5.75 Å². The summed E-state index contributed by atoms with van der Waals surface area (Å²) in [6, 6.07) is 9.90. The van der Waals surface area contributed by atoms with Crippen LogP contribution in [-0.2, 0) is 16.1 Å². The molecule has 0 aromatic heterocycles. The maximum atomic E-state index is 14.4. The molecule has 1 aliphatic heterocycles. The molecule has 1 aliphatic rings. The van der Waals surface area contributed by atoms with Crippen molar-refractivity contribution in [3.63, 3.8) is 0 Å². The standard InChI is InChI=1S/C19H18F2N2O4/c1-26-12-7-14(20)16(15(21)8-12)13-9-22-18(24)17(13)23-19(25)27-10-11-5-3-2-4-6-11/h2-8,13,17H,9-10H2,1H3,(H,22,24)(H,23,25). The Morgan fingerprint density at radius 1 is 1.22 bits per heavy atom. The molecule has 2 atom stereocenters.